The number of rotatable bonds is 8. The number of nitrogens with zero attached hydrogens (tertiary/aromatic N) is 1. The van der Waals surface area contributed by atoms with Crippen molar-refractivity contribution in [2.24, 2.45) is 5.73 Å². The summed E-state index contributed by atoms with van der Waals surface area (Å²) in [7, 11) is 0. The molecule has 2 atom stereocenters. The lowest BCUT2D eigenvalue weighted by Gasteiger charge is -2.18. The van der Waals surface area contributed by atoms with E-state index in [2.05, 4.69) is 10.3 Å². The van der Waals surface area contributed by atoms with Crippen LogP contribution in [0.4, 0.5) is 0 Å². The summed E-state index contributed by atoms with van der Waals surface area (Å²) in [5.74, 6) is -2.82. The molecule has 1 unspecified atom stereocenters. The standard InChI is InChI=1S/C19H18ClN3O4/c20-13-7-4-12(5-8-13)6-9-16(24)23-15(18(25)17(21)19(26)27)11-14-3-1-2-10-22-14/h1-10,15,17H,11,21H2,(H,23,24)(H,26,27)/t15?,17-/m0/s1. The Bertz CT molecular complexity index is 838. The van der Waals surface area contributed by atoms with Crippen molar-refractivity contribution in [3.63, 3.8) is 0 Å². The Morgan fingerprint density at radius 2 is 1.89 bits per heavy atom. The molecule has 0 aliphatic rings. The smallest absolute Gasteiger partial charge is 0.328 e. The molecule has 0 saturated heterocycles. The van der Waals surface area contributed by atoms with Crippen LogP contribution < -0.4 is 11.1 Å². The summed E-state index contributed by atoms with van der Waals surface area (Å²) >= 11 is 5.80. The van der Waals surface area contributed by atoms with Gasteiger partial charge in [-0.15, -0.1) is 0 Å². The third kappa shape index (κ3) is 6.32. The first kappa shape index (κ1) is 20.3. The maximum Gasteiger partial charge on any atom is 0.328 e. The van der Waals surface area contributed by atoms with Gasteiger partial charge in [0.2, 0.25) is 5.91 Å². The van der Waals surface area contributed by atoms with Crippen LogP contribution in [0.25, 0.3) is 6.08 Å². The molecule has 0 bridgehead atoms. The average molecular weight is 388 g/mol. The van der Waals surface area contributed by atoms with Crippen LogP contribution >= 0.6 is 11.6 Å². The van der Waals surface area contributed by atoms with Crippen LogP contribution in [-0.4, -0.2) is 39.8 Å². The summed E-state index contributed by atoms with van der Waals surface area (Å²) < 4.78 is 0. The van der Waals surface area contributed by atoms with Crippen molar-refractivity contribution in [1.82, 2.24) is 10.3 Å². The highest BCUT2D eigenvalue weighted by atomic mass is 35.5. The van der Waals surface area contributed by atoms with Crippen LogP contribution in [-0.2, 0) is 20.8 Å². The quantitative estimate of drug-likeness (QED) is 0.465. The van der Waals surface area contributed by atoms with E-state index in [0.29, 0.717) is 10.7 Å². The number of halogens is 1. The third-order valence-corrected chi connectivity index (χ3v) is 3.92. The van der Waals surface area contributed by atoms with E-state index in [1.807, 2.05) is 0 Å². The second-order valence-corrected chi connectivity index (χ2v) is 6.13. The SMILES string of the molecule is N[C@H](C(=O)O)C(=O)C(Cc1ccccn1)NC(=O)C=Cc1ccc(Cl)cc1. The number of carbonyl (C=O) groups is 3. The summed E-state index contributed by atoms with van der Waals surface area (Å²) in [4.78, 5) is 39.7. The van der Waals surface area contributed by atoms with Crippen LogP contribution in [0.2, 0.25) is 5.02 Å². The first-order chi connectivity index (χ1) is 12.9. The van der Waals surface area contributed by atoms with E-state index in [0.717, 1.165) is 5.56 Å². The molecular weight excluding hydrogens is 370 g/mol. The first-order valence-corrected chi connectivity index (χ1v) is 8.41. The number of benzene rings is 1. The Balaban J connectivity index is 2.12. The third-order valence-electron chi connectivity index (χ3n) is 3.67. The normalized spacial score (nSPS) is 13.1. The molecule has 1 amide bonds. The predicted molar refractivity (Wildman–Crippen MR) is 101 cm³/mol. The number of ketones is 1. The van der Waals surface area contributed by atoms with Gasteiger partial charge >= 0.3 is 5.97 Å². The van der Waals surface area contributed by atoms with Gasteiger partial charge in [0.1, 0.15) is 0 Å². The number of nitrogens with two attached hydrogens (primary N) is 1. The van der Waals surface area contributed by atoms with E-state index in [9.17, 15) is 14.4 Å². The van der Waals surface area contributed by atoms with Crippen LogP contribution in [0.5, 0.6) is 0 Å². The number of hydrogen-bond donors (Lipinski definition) is 3. The highest BCUT2D eigenvalue weighted by Gasteiger charge is 2.30. The predicted octanol–water partition coefficient (Wildman–Crippen LogP) is 1.46. The highest BCUT2D eigenvalue weighted by Crippen LogP contribution is 2.10. The maximum absolute atomic E-state index is 12.3. The van der Waals surface area contributed by atoms with Crippen molar-refractivity contribution in [1.29, 1.82) is 0 Å². The fourth-order valence-electron chi connectivity index (χ4n) is 2.25. The Labute approximate surface area is 160 Å². The second-order valence-electron chi connectivity index (χ2n) is 5.69. The molecule has 0 aliphatic carbocycles. The van der Waals surface area contributed by atoms with E-state index in [1.165, 1.54) is 12.3 Å². The fraction of sp³-hybridized carbons (Fsp3) is 0.158. The topological polar surface area (TPSA) is 122 Å². The van der Waals surface area contributed by atoms with Gasteiger partial charge in [-0.25, -0.2) is 0 Å². The number of amides is 1. The number of Topliss-reactive ketones (excluding diaryl/α,β-unsaturated/α-hetero) is 1. The van der Waals surface area contributed by atoms with Crippen molar-refractivity contribution in [2.75, 3.05) is 0 Å². The van der Waals surface area contributed by atoms with Crippen molar-refractivity contribution in [2.45, 2.75) is 18.5 Å². The Morgan fingerprint density at radius 1 is 1.19 bits per heavy atom. The number of hydrogen-bond acceptors (Lipinski definition) is 5. The number of carboxylic acid groups (broad SMARTS) is 1. The summed E-state index contributed by atoms with van der Waals surface area (Å²) in [6.45, 7) is 0. The van der Waals surface area contributed by atoms with Gasteiger partial charge < -0.3 is 16.2 Å². The van der Waals surface area contributed by atoms with Gasteiger partial charge in [0.15, 0.2) is 11.8 Å². The van der Waals surface area contributed by atoms with Crippen LogP contribution in [0.3, 0.4) is 0 Å². The van der Waals surface area contributed by atoms with Crippen LogP contribution in [0, 0.1) is 0 Å². The molecule has 2 aromatic rings. The summed E-state index contributed by atoms with van der Waals surface area (Å²) in [6, 6.07) is 9.05. The van der Waals surface area contributed by atoms with E-state index < -0.39 is 29.7 Å². The average Bonchev–Trinajstić information content (AvgIpc) is 2.66. The van der Waals surface area contributed by atoms with Gasteiger partial charge in [-0.1, -0.05) is 29.8 Å². The van der Waals surface area contributed by atoms with Gasteiger partial charge in [-0.3, -0.25) is 19.4 Å². The minimum atomic E-state index is -1.74. The van der Waals surface area contributed by atoms with Crippen LogP contribution in [0.15, 0.2) is 54.7 Å². The zero-order chi connectivity index (χ0) is 19.8. The molecule has 4 N–H and O–H groups in total. The number of nitrogens with one attached hydrogen (secondary N) is 1. The van der Waals surface area contributed by atoms with Crippen molar-refractivity contribution in [3.05, 3.63) is 71.0 Å². The number of aromatic nitrogens is 1. The number of carbonyl (C=O) groups excluding carboxylic acids is 2. The van der Waals surface area contributed by atoms with Crippen LogP contribution in [0.1, 0.15) is 11.3 Å². The number of pyridine rings is 1. The molecule has 0 fully saturated rings. The molecule has 2 rings (SSSR count). The molecule has 7 nitrogen and oxygen atoms in total. The first-order valence-electron chi connectivity index (χ1n) is 8.03. The van der Waals surface area contributed by atoms with Gasteiger partial charge in [0.25, 0.3) is 0 Å². The minimum absolute atomic E-state index is 0.0289. The van der Waals surface area contributed by atoms with Gasteiger partial charge in [0.05, 0.1) is 6.04 Å². The Morgan fingerprint density at radius 3 is 2.48 bits per heavy atom. The van der Waals surface area contributed by atoms with E-state index in [4.69, 9.17) is 22.4 Å². The molecule has 0 radical (unpaired) electrons. The lowest BCUT2D eigenvalue weighted by atomic mass is 10.0. The highest BCUT2D eigenvalue weighted by molar-refractivity contribution is 6.30. The zero-order valence-corrected chi connectivity index (χ0v) is 15.0. The molecule has 0 aliphatic heterocycles. The minimum Gasteiger partial charge on any atom is -0.480 e. The maximum atomic E-state index is 12.3. The molecule has 140 valence electrons. The second kappa shape index (κ2) is 9.61. The summed E-state index contributed by atoms with van der Waals surface area (Å²) in [5, 5.41) is 12.0. The van der Waals surface area contributed by atoms with Crippen molar-refractivity contribution < 1.29 is 19.5 Å². The van der Waals surface area contributed by atoms with E-state index >= 15 is 0 Å². The number of aliphatic carboxylic acids is 1. The molecule has 1 aromatic heterocycles. The summed E-state index contributed by atoms with van der Waals surface area (Å²) in [6.07, 6.45) is 4.36. The van der Waals surface area contributed by atoms with Gasteiger partial charge in [0, 0.05) is 29.4 Å². The van der Waals surface area contributed by atoms with Gasteiger partial charge in [-0.05, 0) is 35.9 Å². The lowest BCUT2D eigenvalue weighted by molar-refractivity contribution is -0.143. The monoisotopic (exact) mass is 387 g/mol. The van der Waals surface area contributed by atoms with Crippen molar-refractivity contribution in [3.8, 4) is 0 Å². The van der Waals surface area contributed by atoms with Crippen molar-refractivity contribution >= 4 is 35.3 Å². The van der Waals surface area contributed by atoms with E-state index in [-0.39, 0.29) is 6.42 Å². The molecule has 8 heteroatoms. The summed E-state index contributed by atoms with van der Waals surface area (Å²) in [5.41, 5.74) is 6.68. The molecule has 0 saturated carbocycles. The number of carboxylic acids is 1. The molecular formula is C19H18ClN3O4. The Kier molecular flexibility index (Phi) is 7.22. The molecule has 27 heavy (non-hydrogen) atoms. The lowest BCUT2D eigenvalue weighted by Crippen LogP contribution is -2.52. The fourth-order valence-corrected chi connectivity index (χ4v) is 2.38. The van der Waals surface area contributed by atoms with E-state index in [1.54, 1.807) is 48.5 Å². The zero-order valence-electron chi connectivity index (χ0n) is 14.2. The molecule has 0 spiro atoms. The molecule has 1 heterocycles. The van der Waals surface area contributed by atoms with Gasteiger partial charge in [-0.2, -0.15) is 0 Å². The molecule has 1 aromatic carbocycles. The Hall–Kier alpha value is -3.03. The largest absolute Gasteiger partial charge is 0.480 e.